The molecule has 6 rings (SSSR count). The number of benzene rings is 2. The fourth-order valence-corrected chi connectivity index (χ4v) is 5.32. The Morgan fingerprint density at radius 3 is 2.58 bits per heavy atom. The van der Waals surface area contributed by atoms with Gasteiger partial charge in [-0.3, -0.25) is 14.3 Å². The third-order valence-electron chi connectivity index (χ3n) is 7.38. The van der Waals surface area contributed by atoms with Gasteiger partial charge in [0.05, 0.1) is 40.5 Å². The zero-order valence-electron chi connectivity index (χ0n) is 23.3. The van der Waals surface area contributed by atoms with Gasteiger partial charge in [-0.2, -0.15) is 9.49 Å². The number of pyridine rings is 1. The Morgan fingerprint density at radius 1 is 1.05 bits per heavy atom. The minimum atomic E-state index is -1.42. The lowest BCUT2D eigenvalue weighted by Gasteiger charge is -2.24. The number of para-hydroxylation sites is 1. The summed E-state index contributed by atoms with van der Waals surface area (Å²) in [6, 6.07) is 16.4. The van der Waals surface area contributed by atoms with Gasteiger partial charge in [-0.1, -0.05) is 42.5 Å². The fourth-order valence-electron chi connectivity index (χ4n) is 5.32. The van der Waals surface area contributed by atoms with Crippen molar-refractivity contribution in [2.45, 2.75) is 32.0 Å². The van der Waals surface area contributed by atoms with Gasteiger partial charge < -0.3 is 20.7 Å². The minimum Gasteiger partial charge on any atom is -0.381 e. The number of hydrogen-bond acceptors (Lipinski definition) is 7. The Balaban J connectivity index is 1.40. The molecule has 220 valence electrons. The molecule has 0 radical (unpaired) electrons. The normalized spacial score (nSPS) is 17.0. The summed E-state index contributed by atoms with van der Waals surface area (Å²) in [7, 11) is 0. The van der Waals surface area contributed by atoms with Crippen LogP contribution in [0.15, 0.2) is 71.9 Å². The van der Waals surface area contributed by atoms with Crippen molar-refractivity contribution < 1.29 is 23.1 Å². The minimum absolute atomic E-state index is 0.0335. The van der Waals surface area contributed by atoms with E-state index in [9.17, 15) is 14.0 Å². The SMILES string of the molecule is CCNc1ccc(-c2c(C(=O)N[C@H]3N=C(c4ccccc4)c4cccc(F)c4NC3=O)cnn2C2CCOCC2)c(F)n1. The predicted octanol–water partition coefficient (Wildman–Crippen LogP) is 4.55. The number of rotatable bonds is 7. The topological polar surface area (TPSA) is 123 Å². The first-order valence-corrected chi connectivity index (χ1v) is 14.0. The molecule has 4 heterocycles. The summed E-state index contributed by atoms with van der Waals surface area (Å²) in [5, 5.41) is 12.7. The number of hydrogen-bond donors (Lipinski definition) is 3. The highest BCUT2D eigenvalue weighted by Crippen LogP contribution is 2.33. The van der Waals surface area contributed by atoms with Crippen LogP contribution in [0.25, 0.3) is 11.3 Å². The lowest BCUT2D eigenvalue weighted by Crippen LogP contribution is -2.42. The summed E-state index contributed by atoms with van der Waals surface area (Å²) in [5.41, 5.74) is 1.66. The summed E-state index contributed by atoms with van der Waals surface area (Å²) >= 11 is 0. The third-order valence-corrected chi connectivity index (χ3v) is 7.38. The number of halogens is 2. The number of aromatic nitrogens is 3. The molecule has 0 bridgehead atoms. The second-order valence-corrected chi connectivity index (χ2v) is 10.1. The van der Waals surface area contributed by atoms with Crippen LogP contribution in [0.5, 0.6) is 0 Å². The van der Waals surface area contributed by atoms with Crippen LogP contribution in [0.3, 0.4) is 0 Å². The number of amides is 2. The Hall–Kier alpha value is -4.97. The molecule has 1 fully saturated rings. The molecule has 4 aromatic rings. The Kier molecular flexibility index (Phi) is 7.93. The van der Waals surface area contributed by atoms with Gasteiger partial charge >= 0.3 is 0 Å². The van der Waals surface area contributed by atoms with Crippen LogP contribution >= 0.6 is 0 Å². The zero-order chi connectivity index (χ0) is 29.9. The van der Waals surface area contributed by atoms with Crippen molar-refractivity contribution in [3.8, 4) is 11.3 Å². The van der Waals surface area contributed by atoms with E-state index in [0.717, 1.165) is 0 Å². The number of anilines is 2. The highest BCUT2D eigenvalue weighted by atomic mass is 19.1. The molecule has 0 spiro atoms. The number of aliphatic imine (C=N–C) groups is 1. The van der Waals surface area contributed by atoms with Gasteiger partial charge in [0.1, 0.15) is 11.6 Å². The second kappa shape index (κ2) is 12.1. The number of fused-ring (bicyclic) bond motifs is 1. The lowest BCUT2D eigenvalue weighted by atomic mass is 10.0. The van der Waals surface area contributed by atoms with Crippen LogP contribution in [0.4, 0.5) is 20.3 Å². The molecule has 2 aliphatic heterocycles. The van der Waals surface area contributed by atoms with Crippen LogP contribution in [-0.2, 0) is 9.53 Å². The van der Waals surface area contributed by atoms with E-state index >= 15 is 4.39 Å². The maximum atomic E-state index is 15.5. The molecule has 2 aliphatic rings. The molecule has 1 saturated heterocycles. The van der Waals surface area contributed by atoms with E-state index < -0.39 is 29.7 Å². The van der Waals surface area contributed by atoms with E-state index in [2.05, 4.69) is 31.0 Å². The standard InChI is InChI=1S/C31H29F2N7O3/c1-2-34-24-12-11-21(28(33)36-24)27-22(17-35-40(27)19-13-15-43-16-14-19)30(41)39-29-31(42)38-26-20(9-6-10-23(26)32)25(37-29)18-7-4-3-5-8-18/h3-12,17,19,29H,2,13-16H2,1H3,(H,34,36)(H,38,42)(H,39,41)/t29-/m1/s1. The average molecular weight is 586 g/mol. The summed E-state index contributed by atoms with van der Waals surface area (Å²) in [6.45, 7) is 3.43. The molecule has 43 heavy (non-hydrogen) atoms. The molecule has 10 nitrogen and oxygen atoms in total. The number of carbonyl (C=O) groups is 2. The van der Waals surface area contributed by atoms with Gasteiger partial charge in [0.2, 0.25) is 12.1 Å². The second-order valence-electron chi connectivity index (χ2n) is 10.1. The van der Waals surface area contributed by atoms with E-state index in [0.29, 0.717) is 55.3 Å². The van der Waals surface area contributed by atoms with Gasteiger partial charge in [-0.05, 0) is 38.0 Å². The molecule has 0 unspecified atom stereocenters. The molecule has 2 aromatic carbocycles. The third kappa shape index (κ3) is 5.61. The number of carbonyl (C=O) groups excluding carboxylic acids is 2. The first kappa shape index (κ1) is 28.2. The van der Waals surface area contributed by atoms with E-state index in [-0.39, 0.29) is 28.6 Å². The average Bonchev–Trinajstić information content (AvgIpc) is 3.40. The molecule has 0 saturated carbocycles. The van der Waals surface area contributed by atoms with Gasteiger partial charge in [-0.25, -0.2) is 14.4 Å². The van der Waals surface area contributed by atoms with Crippen molar-refractivity contribution in [1.29, 1.82) is 0 Å². The van der Waals surface area contributed by atoms with Gasteiger partial charge in [0.25, 0.3) is 11.8 Å². The van der Waals surface area contributed by atoms with Gasteiger partial charge in [0.15, 0.2) is 0 Å². The maximum absolute atomic E-state index is 15.5. The van der Waals surface area contributed by atoms with E-state index in [1.54, 1.807) is 47.1 Å². The quantitative estimate of drug-likeness (QED) is 0.274. The predicted molar refractivity (Wildman–Crippen MR) is 157 cm³/mol. The van der Waals surface area contributed by atoms with E-state index in [4.69, 9.17) is 4.74 Å². The van der Waals surface area contributed by atoms with Crippen molar-refractivity contribution in [3.63, 3.8) is 0 Å². The Bertz CT molecular complexity index is 1700. The Labute approximate surface area is 246 Å². The summed E-state index contributed by atoms with van der Waals surface area (Å²) in [5.74, 6) is -2.48. The van der Waals surface area contributed by atoms with E-state index in [1.807, 2.05) is 13.0 Å². The van der Waals surface area contributed by atoms with Gasteiger partial charge in [0, 0.05) is 30.9 Å². The number of ether oxygens (including phenoxy) is 1. The summed E-state index contributed by atoms with van der Waals surface area (Å²) in [6.07, 6.45) is 1.18. The van der Waals surface area contributed by atoms with E-state index in [1.165, 1.54) is 18.3 Å². The van der Waals surface area contributed by atoms with Crippen LogP contribution in [0.1, 0.15) is 47.3 Å². The van der Waals surface area contributed by atoms with Crippen LogP contribution in [0.2, 0.25) is 0 Å². The molecule has 2 amide bonds. The van der Waals surface area contributed by atoms with Gasteiger partial charge in [-0.15, -0.1) is 0 Å². The van der Waals surface area contributed by atoms with Crippen molar-refractivity contribution >= 4 is 29.0 Å². The molecular formula is C31H29F2N7O3. The monoisotopic (exact) mass is 585 g/mol. The van der Waals surface area contributed by atoms with Crippen LogP contribution in [-0.4, -0.2) is 58.2 Å². The highest BCUT2D eigenvalue weighted by molar-refractivity contribution is 6.20. The fraction of sp³-hybridized carbons (Fsp3) is 0.258. The van der Waals surface area contributed by atoms with Crippen LogP contribution < -0.4 is 16.0 Å². The molecule has 0 aliphatic carbocycles. The molecular weight excluding hydrogens is 556 g/mol. The number of nitrogens with one attached hydrogen (secondary N) is 3. The Morgan fingerprint density at radius 2 is 1.84 bits per heavy atom. The molecule has 12 heteroatoms. The lowest BCUT2D eigenvalue weighted by molar-refractivity contribution is -0.117. The molecule has 1 atom stereocenters. The van der Waals surface area contributed by atoms with Crippen molar-refractivity contribution in [2.75, 3.05) is 30.4 Å². The largest absolute Gasteiger partial charge is 0.381 e. The van der Waals surface area contributed by atoms with Crippen molar-refractivity contribution in [2.24, 2.45) is 4.99 Å². The zero-order valence-corrected chi connectivity index (χ0v) is 23.3. The highest BCUT2D eigenvalue weighted by Gasteiger charge is 2.32. The van der Waals surface area contributed by atoms with Crippen LogP contribution in [0, 0.1) is 11.8 Å². The summed E-state index contributed by atoms with van der Waals surface area (Å²) < 4.78 is 37.5. The molecule has 3 N–H and O–H groups in total. The number of benzodiazepines with no additional fused rings is 1. The van der Waals surface area contributed by atoms with Crippen molar-refractivity contribution in [3.05, 3.63) is 95.3 Å². The maximum Gasteiger partial charge on any atom is 0.269 e. The molecule has 2 aromatic heterocycles. The van der Waals surface area contributed by atoms with Crippen molar-refractivity contribution in [1.82, 2.24) is 20.1 Å². The first-order valence-electron chi connectivity index (χ1n) is 14.0. The smallest absolute Gasteiger partial charge is 0.269 e. The summed E-state index contributed by atoms with van der Waals surface area (Å²) in [4.78, 5) is 35.8. The number of nitrogens with zero attached hydrogens (tertiary/aromatic N) is 4. The first-order chi connectivity index (χ1) is 20.9.